The quantitative estimate of drug-likeness (QED) is 0.305. The Balaban J connectivity index is 1.03. The van der Waals surface area contributed by atoms with E-state index >= 15 is 0 Å². The molecule has 7 rings (SSSR count). The lowest BCUT2D eigenvalue weighted by atomic mass is 9.95. The van der Waals surface area contributed by atoms with Crippen LogP contribution >= 0.6 is 11.3 Å². The molecule has 8 nitrogen and oxygen atoms in total. The van der Waals surface area contributed by atoms with Crippen molar-refractivity contribution in [3.05, 3.63) is 95.3 Å². The van der Waals surface area contributed by atoms with Gasteiger partial charge in [-0.3, -0.25) is 15.0 Å². The van der Waals surface area contributed by atoms with Crippen molar-refractivity contribution >= 4 is 17.0 Å². The Labute approximate surface area is 224 Å². The Morgan fingerprint density at radius 1 is 0.921 bits per heavy atom. The summed E-state index contributed by atoms with van der Waals surface area (Å²) in [7, 11) is 0. The predicted octanol–water partition coefficient (Wildman–Crippen LogP) is 5.68. The Hall–Kier alpha value is -4.21. The van der Waals surface area contributed by atoms with Gasteiger partial charge < -0.3 is 0 Å². The Morgan fingerprint density at radius 2 is 1.82 bits per heavy atom. The topological polar surface area (TPSA) is 87.9 Å². The third-order valence-electron chi connectivity index (χ3n) is 7.22. The molecule has 0 spiro atoms. The SMILES string of the molecule is c1ccc(-c2n[nH]c(C3CCN(Cc4ccc(-c5nc6ccnn6cc5-c5ccsc5)cc4)CC3)n2)nc1. The number of rotatable bonds is 6. The van der Waals surface area contributed by atoms with E-state index in [-0.39, 0.29) is 0 Å². The molecule has 0 radical (unpaired) electrons. The Morgan fingerprint density at radius 3 is 2.61 bits per heavy atom. The van der Waals surface area contributed by atoms with Gasteiger partial charge in [0.1, 0.15) is 11.5 Å². The highest BCUT2D eigenvalue weighted by atomic mass is 32.1. The van der Waals surface area contributed by atoms with Gasteiger partial charge in [-0.25, -0.2) is 14.5 Å². The fraction of sp³-hybridized carbons (Fsp3) is 0.207. The van der Waals surface area contributed by atoms with Crippen LogP contribution in [0.15, 0.2) is 83.9 Å². The number of benzene rings is 1. The summed E-state index contributed by atoms with van der Waals surface area (Å²) in [5.74, 6) is 2.05. The maximum Gasteiger partial charge on any atom is 0.199 e. The summed E-state index contributed by atoms with van der Waals surface area (Å²) in [6, 6.07) is 18.7. The fourth-order valence-corrected chi connectivity index (χ4v) is 5.82. The number of piperidine rings is 1. The molecular formula is C29H26N8S. The number of thiophene rings is 1. The summed E-state index contributed by atoms with van der Waals surface area (Å²) in [5, 5.41) is 16.2. The van der Waals surface area contributed by atoms with Gasteiger partial charge in [0.25, 0.3) is 0 Å². The summed E-state index contributed by atoms with van der Waals surface area (Å²) >= 11 is 1.69. The minimum Gasteiger partial charge on any atom is -0.299 e. The molecule has 9 heteroatoms. The van der Waals surface area contributed by atoms with Gasteiger partial charge in [-0.15, -0.1) is 0 Å². The maximum absolute atomic E-state index is 4.94. The first-order valence-electron chi connectivity index (χ1n) is 12.8. The smallest absolute Gasteiger partial charge is 0.199 e. The zero-order valence-corrected chi connectivity index (χ0v) is 21.6. The van der Waals surface area contributed by atoms with Crippen LogP contribution in [0.4, 0.5) is 0 Å². The normalized spacial score (nSPS) is 14.8. The van der Waals surface area contributed by atoms with Crippen molar-refractivity contribution in [2.75, 3.05) is 13.1 Å². The van der Waals surface area contributed by atoms with E-state index in [0.29, 0.717) is 11.7 Å². The highest BCUT2D eigenvalue weighted by Crippen LogP contribution is 2.33. The molecule has 0 saturated carbocycles. The fourth-order valence-electron chi connectivity index (χ4n) is 5.16. The standard InChI is InChI=1S/C29H26N8S/c1-2-12-30-25(3-1)29-33-28(34-35-29)22-9-14-36(15-10-22)17-20-4-6-21(7-5-20)27-24(23-11-16-38-19-23)18-37-26(32-27)8-13-31-37/h1-8,11-13,16,18-19,22H,9-10,14-15,17H2,(H,33,34,35). The van der Waals surface area contributed by atoms with E-state index in [9.17, 15) is 0 Å². The average molecular weight is 519 g/mol. The Kier molecular flexibility index (Phi) is 5.99. The number of hydrogen-bond acceptors (Lipinski definition) is 7. The van der Waals surface area contributed by atoms with Gasteiger partial charge >= 0.3 is 0 Å². The van der Waals surface area contributed by atoms with E-state index in [0.717, 1.165) is 66.5 Å². The largest absolute Gasteiger partial charge is 0.299 e. The van der Waals surface area contributed by atoms with Crippen LogP contribution in [0.1, 0.15) is 30.1 Å². The van der Waals surface area contributed by atoms with Crippen LogP contribution in [0, 0.1) is 0 Å². The van der Waals surface area contributed by atoms with Gasteiger partial charge in [0, 0.05) is 42.0 Å². The molecule has 1 N–H and O–H groups in total. The van der Waals surface area contributed by atoms with E-state index in [1.165, 1.54) is 11.1 Å². The molecule has 1 fully saturated rings. The van der Waals surface area contributed by atoms with E-state index in [2.05, 4.69) is 72.5 Å². The van der Waals surface area contributed by atoms with Crippen LogP contribution in [0.3, 0.4) is 0 Å². The molecule has 1 saturated heterocycles. The summed E-state index contributed by atoms with van der Waals surface area (Å²) in [5.41, 5.74) is 7.33. The summed E-state index contributed by atoms with van der Waals surface area (Å²) in [4.78, 5) is 16.6. The minimum absolute atomic E-state index is 0.402. The maximum atomic E-state index is 4.94. The third kappa shape index (κ3) is 4.51. The number of H-pyrrole nitrogens is 1. The number of pyridine rings is 1. The molecule has 1 aliphatic heterocycles. The molecule has 0 unspecified atom stereocenters. The predicted molar refractivity (Wildman–Crippen MR) is 149 cm³/mol. The molecule has 188 valence electrons. The third-order valence-corrected chi connectivity index (χ3v) is 7.90. The second kappa shape index (κ2) is 9.92. The van der Waals surface area contributed by atoms with Crippen LogP contribution in [0.25, 0.3) is 39.5 Å². The lowest BCUT2D eigenvalue weighted by Crippen LogP contribution is -2.32. The van der Waals surface area contributed by atoms with Crippen molar-refractivity contribution in [1.82, 2.24) is 39.7 Å². The molecule has 5 aromatic heterocycles. The van der Waals surface area contributed by atoms with Gasteiger partial charge in [-0.2, -0.15) is 21.5 Å². The molecule has 38 heavy (non-hydrogen) atoms. The highest BCUT2D eigenvalue weighted by molar-refractivity contribution is 7.08. The molecule has 0 bridgehead atoms. The van der Waals surface area contributed by atoms with Crippen molar-refractivity contribution in [2.24, 2.45) is 0 Å². The summed E-state index contributed by atoms with van der Waals surface area (Å²) in [6.45, 7) is 3.01. The van der Waals surface area contributed by atoms with Gasteiger partial charge in [0.15, 0.2) is 11.5 Å². The molecular weight excluding hydrogens is 492 g/mol. The van der Waals surface area contributed by atoms with Crippen LogP contribution in [0.2, 0.25) is 0 Å². The monoisotopic (exact) mass is 518 g/mol. The van der Waals surface area contributed by atoms with Gasteiger partial charge in [0.2, 0.25) is 0 Å². The average Bonchev–Trinajstić information content (AvgIpc) is 3.76. The van der Waals surface area contributed by atoms with Gasteiger partial charge in [0.05, 0.1) is 11.9 Å². The second-order valence-corrected chi connectivity index (χ2v) is 10.4. The number of likely N-dealkylation sites (tertiary alicyclic amines) is 1. The second-order valence-electron chi connectivity index (χ2n) is 9.66. The Bertz CT molecular complexity index is 1650. The van der Waals surface area contributed by atoms with Crippen molar-refractivity contribution in [3.8, 4) is 33.9 Å². The molecule has 0 atom stereocenters. The summed E-state index contributed by atoms with van der Waals surface area (Å²) < 4.78 is 1.84. The molecule has 6 aromatic rings. The van der Waals surface area contributed by atoms with E-state index in [1.807, 2.05) is 28.8 Å². The van der Waals surface area contributed by atoms with Crippen LogP contribution in [-0.2, 0) is 6.54 Å². The van der Waals surface area contributed by atoms with Gasteiger partial charge in [-0.05, 0) is 66.0 Å². The number of aromatic nitrogens is 7. The number of nitrogens with one attached hydrogen (secondary N) is 1. The van der Waals surface area contributed by atoms with Crippen LogP contribution in [0.5, 0.6) is 0 Å². The highest BCUT2D eigenvalue weighted by Gasteiger charge is 2.24. The zero-order chi connectivity index (χ0) is 25.3. The van der Waals surface area contributed by atoms with E-state index < -0.39 is 0 Å². The lowest BCUT2D eigenvalue weighted by Gasteiger charge is -2.31. The van der Waals surface area contributed by atoms with Crippen LogP contribution in [-0.4, -0.2) is 52.8 Å². The number of nitrogens with zero attached hydrogens (tertiary/aromatic N) is 7. The van der Waals surface area contributed by atoms with Gasteiger partial charge in [-0.1, -0.05) is 30.3 Å². The molecule has 6 heterocycles. The van der Waals surface area contributed by atoms with Crippen molar-refractivity contribution < 1.29 is 0 Å². The van der Waals surface area contributed by atoms with Crippen molar-refractivity contribution in [3.63, 3.8) is 0 Å². The number of aromatic amines is 1. The van der Waals surface area contributed by atoms with Crippen molar-refractivity contribution in [1.29, 1.82) is 0 Å². The van der Waals surface area contributed by atoms with Crippen molar-refractivity contribution in [2.45, 2.75) is 25.3 Å². The molecule has 1 aliphatic rings. The first kappa shape index (κ1) is 22.9. The number of fused-ring (bicyclic) bond motifs is 1. The van der Waals surface area contributed by atoms with E-state index in [1.54, 1.807) is 23.7 Å². The molecule has 0 aliphatic carbocycles. The molecule has 1 aromatic carbocycles. The summed E-state index contributed by atoms with van der Waals surface area (Å²) in [6.07, 6.45) is 7.76. The first-order chi connectivity index (χ1) is 18.8. The number of hydrogen-bond donors (Lipinski definition) is 1. The van der Waals surface area contributed by atoms with Crippen LogP contribution < -0.4 is 0 Å². The minimum atomic E-state index is 0.402. The zero-order valence-electron chi connectivity index (χ0n) is 20.7. The van der Waals surface area contributed by atoms with E-state index in [4.69, 9.17) is 9.97 Å². The lowest BCUT2D eigenvalue weighted by molar-refractivity contribution is 0.202. The first-order valence-corrected chi connectivity index (χ1v) is 13.8. The molecule has 0 amide bonds.